The van der Waals surface area contributed by atoms with Crippen LogP contribution in [0.1, 0.15) is 11.1 Å². The standard InChI is InChI=1S/C12H6ClF4N3/c13-11-3-10(14)9(5-18-11)2-1-8-4-19-20(6-8)7-12(15,16)17/h3-6H,7H2. The second-order valence-corrected chi connectivity index (χ2v) is 4.17. The highest BCUT2D eigenvalue weighted by Crippen LogP contribution is 2.17. The Bertz CT molecular complexity index is 682. The topological polar surface area (TPSA) is 30.7 Å². The Labute approximate surface area is 116 Å². The Balaban J connectivity index is 2.17. The van der Waals surface area contributed by atoms with Crippen LogP contribution in [0.3, 0.4) is 0 Å². The predicted octanol–water partition coefficient (Wildman–Crippen LogP) is 3.03. The maximum Gasteiger partial charge on any atom is 0.408 e. The third kappa shape index (κ3) is 3.96. The molecule has 0 unspecified atom stereocenters. The third-order valence-corrected chi connectivity index (χ3v) is 2.34. The molecular weight excluding hydrogens is 298 g/mol. The summed E-state index contributed by atoms with van der Waals surface area (Å²) in [6.07, 6.45) is -0.921. The lowest BCUT2D eigenvalue weighted by Crippen LogP contribution is -2.17. The molecule has 0 fully saturated rings. The average molecular weight is 304 g/mol. The maximum absolute atomic E-state index is 13.4. The van der Waals surface area contributed by atoms with Gasteiger partial charge in [-0.15, -0.1) is 0 Å². The van der Waals surface area contributed by atoms with Gasteiger partial charge in [-0.3, -0.25) is 4.68 Å². The lowest BCUT2D eigenvalue weighted by molar-refractivity contribution is -0.142. The van der Waals surface area contributed by atoms with Gasteiger partial charge in [-0.25, -0.2) is 9.37 Å². The Hall–Kier alpha value is -2.07. The number of aromatic nitrogens is 3. The normalized spacial score (nSPS) is 11.1. The van der Waals surface area contributed by atoms with Crippen LogP contribution < -0.4 is 0 Å². The molecule has 0 amide bonds. The Morgan fingerprint density at radius 2 is 2.00 bits per heavy atom. The summed E-state index contributed by atoms with van der Waals surface area (Å²) < 4.78 is 50.5. The molecule has 2 aromatic heterocycles. The van der Waals surface area contributed by atoms with E-state index in [0.29, 0.717) is 4.68 Å². The van der Waals surface area contributed by atoms with Gasteiger partial charge in [0.05, 0.1) is 17.3 Å². The van der Waals surface area contributed by atoms with Crippen molar-refractivity contribution in [3.63, 3.8) is 0 Å². The second kappa shape index (κ2) is 5.51. The van der Waals surface area contributed by atoms with Crippen LogP contribution in [0.25, 0.3) is 0 Å². The number of alkyl halides is 3. The molecule has 0 spiro atoms. The monoisotopic (exact) mass is 303 g/mol. The fraction of sp³-hybridized carbons (Fsp3) is 0.167. The zero-order valence-corrected chi connectivity index (χ0v) is 10.5. The predicted molar refractivity (Wildman–Crippen MR) is 63.5 cm³/mol. The number of nitrogens with zero attached hydrogens (tertiary/aromatic N) is 3. The van der Waals surface area contributed by atoms with E-state index in [1.807, 2.05) is 0 Å². The summed E-state index contributed by atoms with van der Waals surface area (Å²) in [5.41, 5.74) is 0.238. The summed E-state index contributed by atoms with van der Waals surface area (Å²) in [5.74, 6) is 4.30. The Kier molecular flexibility index (Phi) is 3.95. The zero-order valence-electron chi connectivity index (χ0n) is 9.75. The molecule has 0 radical (unpaired) electrons. The van der Waals surface area contributed by atoms with Crippen molar-refractivity contribution in [3.05, 3.63) is 46.8 Å². The largest absolute Gasteiger partial charge is 0.408 e. The lowest BCUT2D eigenvalue weighted by atomic mass is 10.2. The van der Waals surface area contributed by atoms with E-state index in [0.717, 1.165) is 18.5 Å². The van der Waals surface area contributed by atoms with Gasteiger partial charge in [0.25, 0.3) is 0 Å². The van der Waals surface area contributed by atoms with E-state index in [9.17, 15) is 17.6 Å². The molecule has 104 valence electrons. The van der Waals surface area contributed by atoms with Crippen LogP contribution >= 0.6 is 11.6 Å². The molecule has 2 heterocycles. The first kappa shape index (κ1) is 14.3. The molecule has 2 rings (SSSR count). The molecule has 0 aliphatic rings. The van der Waals surface area contributed by atoms with Gasteiger partial charge in [0.15, 0.2) is 0 Å². The molecule has 0 bridgehead atoms. The van der Waals surface area contributed by atoms with Crippen molar-refractivity contribution in [1.29, 1.82) is 0 Å². The zero-order chi connectivity index (χ0) is 14.8. The van der Waals surface area contributed by atoms with E-state index in [1.54, 1.807) is 0 Å². The van der Waals surface area contributed by atoms with Crippen molar-refractivity contribution in [2.45, 2.75) is 12.7 Å². The van der Waals surface area contributed by atoms with Gasteiger partial charge in [-0.1, -0.05) is 23.4 Å². The summed E-state index contributed by atoms with van der Waals surface area (Å²) in [6, 6.07) is 0.999. The molecule has 0 saturated carbocycles. The number of hydrogen-bond acceptors (Lipinski definition) is 2. The van der Waals surface area contributed by atoms with Crippen LogP contribution in [0.2, 0.25) is 5.15 Å². The Morgan fingerprint density at radius 1 is 1.25 bits per heavy atom. The molecule has 20 heavy (non-hydrogen) atoms. The maximum atomic E-state index is 13.4. The van der Waals surface area contributed by atoms with Crippen LogP contribution in [0, 0.1) is 17.7 Å². The van der Waals surface area contributed by atoms with Gasteiger partial charge in [0, 0.05) is 18.5 Å². The molecule has 8 heteroatoms. The molecule has 2 aromatic rings. The first-order valence-corrected chi connectivity index (χ1v) is 5.63. The molecule has 0 aromatic carbocycles. The van der Waals surface area contributed by atoms with E-state index < -0.39 is 18.5 Å². The van der Waals surface area contributed by atoms with Crippen molar-refractivity contribution in [2.24, 2.45) is 0 Å². The fourth-order valence-corrected chi connectivity index (χ4v) is 1.48. The van der Waals surface area contributed by atoms with Crippen LogP contribution in [-0.2, 0) is 6.54 Å². The third-order valence-electron chi connectivity index (χ3n) is 2.14. The highest BCUT2D eigenvalue weighted by atomic mass is 35.5. The lowest BCUT2D eigenvalue weighted by Gasteiger charge is -2.04. The summed E-state index contributed by atoms with van der Waals surface area (Å²) in [7, 11) is 0. The minimum atomic E-state index is -4.36. The first-order chi connectivity index (χ1) is 9.33. The summed E-state index contributed by atoms with van der Waals surface area (Å²) in [4.78, 5) is 3.66. The summed E-state index contributed by atoms with van der Waals surface area (Å²) >= 11 is 5.48. The van der Waals surface area contributed by atoms with Gasteiger partial charge < -0.3 is 0 Å². The molecular formula is C12H6ClF4N3. The molecule has 0 aliphatic heterocycles. The molecule has 0 N–H and O–H groups in total. The van der Waals surface area contributed by atoms with Crippen molar-refractivity contribution in [1.82, 2.24) is 14.8 Å². The van der Waals surface area contributed by atoms with E-state index in [4.69, 9.17) is 11.6 Å². The summed E-state index contributed by atoms with van der Waals surface area (Å²) in [5, 5.41) is 3.51. The smallest absolute Gasteiger partial charge is 0.262 e. The van der Waals surface area contributed by atoms with Gasteiger partial charge >= 0.3 is 6.18 Å². The molecule has 0 saturated heterocycles. The number of pyridine rings is 1. The SMILES string of the molecule is Fc1cc(Cl)ncc1C#Cc1cnn(CC(F)(F)F)c1. The van der Waals surface area contributed by atoms with Crippen molar-refractivity contribution in [3.8, 4) is 11.8 Å². The molecule has 0 aliphatic carbocycles. The fourth-order valence-electron chi connectivity index (χ4n) is 1.34. The van der Waals surface area contributed by atoms with Crippen LogP contribution in [0.15, 0.2) is 24.7 Å². The minimum absolute atomic E-state index is 0.00188. The first-order valence-electron chi connectivity index (χ1n) is 5.26. The van der Waals surface area contributed by atoms with E-state index >= 15 is 0 Å². The van der Waals surface area contributed by atoms with Crippen LogP contribution in [-0.4, -0.2) is 20.9 Å². The van der Waals surface area contributed by atoms with Crippen molar-refractivity contribution < 1.29 is 17.6 Å². The van der Waals surface area contributed by atoms with Gasteiger partial charge in [0.1, 0.15) is 17.5 Å². The summed E-state index contributed by atoms with van der Waals surface area (Å²) in [6.45, 7) is -1.20. The number of halogens is 5. The average Bonchev–Trinajstić information content (AvgIpc) is 2.73. The van der Waals surface area contributed by atoms with Gasteiger partial charge in [0.2, 0.25) is 0 Å². The van der Waals surface area contributed by atoms with E-state index in [-0.39, 0.29) is 16.3 Å². The quantitative estimate of drug-likeness (QED) is 0.460. The minimum Gasteiger partial charge on any atom is -0.262 e. The Morgan fingerprint density at radius 3 is 2.65 bits per heavy atom. The second-order valence-electron chi connectivity index (χ2n) is 3.78. The molecule has 3 nitrogen and oxygen atoms in total. The number of rotatable bonds is 1. The van der Waals surface area contributed by atoms with Gasteiger partial charge in [-0.2, -0.15) is 18.3 Å². The van der Waals surface area contributed by atoms with E-state index in [2.05, 4.69) is 21.9 Å². The molecule has 0 atom stereocenters. The highest BCUT2D eigenvalue weighted by Gasteiger charge is 2.28. The van der Waals surface area contributed by atoms with Crippen molar-refractivity contribution >= 4 is 11.6 Å². The van der Waals surface area contributed by atoms with Crippen LogP contribution in [0.4, 0.5) is 17.6 Å². The number of hydrogen-bond donors (Lipinski definition) is 0. The highest BCUT2D eigenvalue weighted by molar-refractivity contribution is 6.29. The van der Waals surface area contributed by atoms with Crippen molar-refractivity contribution in [2.75, 3.05) is 0 Å². The van der Waals surface area contributed by atoms with Gasteiger partial charge in [-0.05, 0) is 0 Å². The van der Waals surface area contributed by atoms with Crippen LogP contribution in [0.5, 0.6) is 0 Å². The van der Waals surface area contributed by atoms with E-state index in [1.165, 1.54) is 6.20 Å².